The summed E-state index contributed by atoms with van der Waals surface area (Å²) >= 11 is 1.10. The molecule has 51 heavy (non-hydrogen) atoms. The fourth-order valence-corrected chi connectivity index (χ4v) is 6.19. The van der Waals surface area contributed by atoms with Crippen LogP contribution in [0.3, 0.4) is 0 Å². The van der Waals surface area contributed by atoms with E-state index < -0.39 is 29.9 Å². The third-order valence-electron chi connectivity index (χ3n) is 8.25. The summed E-state index contributed by atoms with van der Waals surface area (Å²) in [4.78, 5) is 75.7. The van der Waals surface area contributed by atoms with E-state index in [4.69, 9.17) is 4.74 Å². The van der Waals surface area contributed by atoms with E-state index in [9.17, 15) is 29.2 Å². The molecule has 0 radical (unpaired) electrons. The van der Waals surface area contributed by atoms with Crippen LogP contribution < -0.4 is 16.1 Å². The van der Waals surface area contributed by atoms with Crippen molar-refractivity contribution in [1.82, 2.24) is 26.0 Å². The van der Waals surface area contributed by atoms with Gasteiger partial charge < -0.3 is 20.3 Å². The van der Waals surface area contributed by atoms with Crippen molar-refractivity contribution in [3.8, 4) is 0 Å². The summed E-state index contributed by atoms with van der Waals surface area (Å²) in [5.41, 5.74) is 2.13. The van der Waals surface area contributed by atoms with Crippen molar-refractivity contribution in [2.75, 3.05) is 20.1 Å². The third-order valence-corrected chi connectivity index (χ3v) is 9.19. The SMILES string of the molecule is CCCN(C(=O)C(=NC(=O)CCCCCNC)C(C)CC)C(CC(OC(C)=O)c1nc(C(=O)N/C(=C/c2ccccc2)C(=O)NO)cs1)C(C)C. The molecule has 0 spiro atoms. The van der Waals surface area contributed by atoms with E-state index in [1.165, 1.54) is 23.9 Å². The highest BCUT2D eigenvalue weighted by Crippen LogP contribution is 2.31. The number of hydrogen-bond donors (Lipinski definition) is 4. The molecule has 4 amide bonds. The minimum atomic E-state index is -0.924. The molecule has 4 N–H and O–H groups in total. The molecule has 13 nitrogen and oxygen atoms in total. The molecule has 1 aromatic carbocycles. The fraction of sp³-hybridized carbons (Fsp3) is 0.541. The van der Waals surface area contributed by atoms with E-state index in [-0.39, 0.29) is 53.6 Å². The van der Waals surface area contributed by atoms with Crippen LogP contribution in [-0.2, 0) is 23.9 Å². The Labute approximate surface area is 305 Å². The van der Waals surface area contributed by atoms with Crippen molar-refractivity contribution in [3.05, 3.63) is 57.7 Å². The van der Waals surface area contributed by atoms with Crippen LogP contribution in [-0.4, -0.2) is 76.6 Å². The van der Waals surface area contributed by atoms with Gasteiger partial charge in [-0.3, -0.25) is 29.2 Å². The largest absolute Gasteiger partial charge is 0.455 e. The van der Waals surface area contributed by atoms with Crippen LogP contribution in [0.25, 0.3) is 6.08 Å². The minimum Gasteiger partial charge on any atom is -0.455 e. The van der Waals surface area contributed by atoms with Gasteiger partial charge in [-0.05, 0) is 56.8 Å². The van der Waals surface area contributed by atoms with Crippen LogP contribution in [0, 0.1) is 11.8 Å². The standard InChI is InChI=1S/C37H54N6O7S/c1-8-20-43(37(48)33(25(5)9-2)41-32(45)18-14-11-15-19-38-7)30(24(3)4)22-31(50-26(6)44)36-40-29(23-51-36)34(46)39-28(35(47)42-49)21-27-16-12-10-13-17-27/h10,12-13,16-17,21,23-25,30-31,38,49H,8-9,11,14-15,18-20,22H2,1-7H3,(H,39,46)(H,42,47)/b28-21+,41-33?. The summed E-state index contributed by atoms with van der Waals surface area (Å²) < 4.78 is 5.74. The maximum atomic E-state index is 14.3. The topological polar surface area (TPSA) is 179 Å². The molecule has 0 bridgehead atoms. The maximum absolute atomic E-state index is 14.3. The number of carbonyl (C=O) groups is 5. The van der Waals surface area contributed by atoms with Gasteiger partial charge in [-0.2, -0.15) is 0 Å². The number of benzene rings is 1. The van der Waals surface area contributed by atoms with Crippen LogP contribution in [0.5, 0.6) is 0 Å². The van der Waals surface area contributed by atoms with Gasteiger partial charge in [0.05, 0.1) is 0 Å². The molecule has 1 aromatic heterocycles. The van der Waals surface area contributed by atoms with Crippen LogP contribution in [0.1, 0.15) is 114 Å². The van der Waals surface area contributed by atoms with Gasteiger partial charge in [0.2, 0.25) is 5.91 Å². The lowest BCUT2D eigenvalue weighted by Gasteiger charge is -2.37. The van der Waals surface area contributed by atoms with Gasteiger partial charge in [0.25, 0.3) is 17.7 Å². The number of hydrogen-bond acceptors (Lipinski definition) is 10. The molecule has 0 aliphatic heterocycles. The Morgan fingerprint density at radius 2 is 1.76 bits per heavy atom. The van der Waals surface area contributed by atoms with Gasteiger partial charge in [0.15, 0.2) is 6.10 Å². The van der Waals surface area contributed by atoms with Crippen molar-refractivity contribution in [1.29, 1.82) is 0 Å². The second-order valence-corrected chi connectivity index (χ2v) is 13.6. The highest BCUT2D eigenvalue weighted by Gasteiger charge is 2.35. The average Bonchev–Trinajstić information content (AvgIpc) is 3.61. The Bertz CT molecular complexity index is 1510. The number of nitrogens with one attached hydrogen (secondary N) is 3. The number of rotatable bonds is 21. The molecular weight excluding hydrogens is 673 g/mol. The van der Waals surface area contributed by atoms with Gasteiger partial charge in [-0.1, -0.05) is 71.4 Å². The smallest absolute Gasteiger partial charge is 0.303 e. The number of esters is 1. The molecule has 0 aliphatic carbocycles. The minimum absolute atomic E-state index is 0.0323. The summed E-state index contributed by atoms with van der Waals surface area (Å²) in [6, 6.07) is 8.33. The van der Waals surface area contributed by atoms with Crippen LogP contribution >= 0.6 is 11.3 Å². The zero-order valence-electron chi connectivity index (χ0n) is 30.9. The van der Waals surface area contributed by atoms with Crippen molar-refractivity contribution in [2.24, 2.45) is 16.8 Å². The van der Waals surface area contributed by atoms with E-state index in [0.717, 1.165) is 30.7 Å². The number of nitrogens with zero attached hydrogens (tertiary/aromatic N) is 3. The zero-order chi connectivity index (χ0) is 37.9. The lowest BCUT2D eigenvalue weighted by molar-refractivity contribution is -0.148. The van der Waals surface area contributed by atoms with E-state index in [2.05, 4.69) is 20.6 Å². The average molecular weight is 727 g/mol. The molecule has 3 atom stereocenters. The predicted octanol–water partition coefficient (Wildman–Crippen LogP) is 5.47. The molecule has 0 saturated heterocycles. The highest BCUT2D eigenvalue weighted by molar-refractivity contribution is 7.09. The summed E-state index contributed by atoms with van der Waals surface area (Å²) in [5, 5.41) is 16.6. The quantitative estimate of drug-likeness (QED) is 0.0324. The number of thiazole rings is 1. The monoisotopic (exact) mass is 726 g/mol. The first-order valence-corrected chi connectivity index (χ1v) is 18.5. The molecular formula is C37H54N6O7S. The van der Waals surface area contributed by atoms with Crippen LogP contribution in [0.4, 0.5) is 0 Å². The first-order valence-electron chi connectivity index (χ1n) is 17.6. The number of aliphatic imine (C=N–C) groups is 1. The summed E-state index contributed by atoms with van der Waals surface area (Å²) in [7, 11) is 1.89. The van der Waals surface area contributed by atoms with Gasteiger partial charge >= 0.3 is 5.97 Å². The lowest BCUT2D eigenvalue weighted by Crippen LogP contribution is -2.49. The Kier molecular flexibility index (Phi) is 18.9. The molecule has 2 rings (SSSR count). The van der Waals surface area contributed by atoms with Crippen LogP contribution in [0.15, 0.2) is 46.4 Å². The number of amides is 4. The molecule has 1 heterocycles. The third kappa shape index (κ3) is 14.1. The van der Waals surface area contributed by atoms with Gasteiger partial charge in [0, 0.05) is 43.6 Å². The Balaban J connectivity index is 2.40. The number of hydroxylamine groups is 1. The molecule has 3 unspecified atom stereocenters. The fourth-order valence-electron chi connectivity index (χ4n) is 5.35. The summed E-state index contributed by atoms with van der Waals surface area (Å²) in [6.45, 7) is 12.3. The molecule has 14 heteroatoms. The zero-order valence-corrected chi connectivity index (χ0v) is 31.7. The second kappa shape index (κ2) is 22.5. The van der Waals surface area contributed by atoms with Crippen molar-refractivity contribution < 1.29 is 33.9 Å². The molecule has 0 fully saturated rings. The van der Waals surface area contributed by atoms with E-state index >= 15 is 0 Å². The number of carbonyl (C=O) groups excluding carboxylic acids is 5. The molecule has 2 aromatic rings. The van der Waals surface area contributed by atoms with Gasteiger partial charge in [-0.25, -0.2) is 15.5 Å². The number of ether oxygens (including phenoxy) is 1. The van der Waals surface area contributed by atoms with Crippen molar-refractivity contribution >= 4 is 52.7 Å². The van der Waals surface area contributed by atoms with E-state index in [1.54, 1.807) is 35.2 Å². The Morgan fingerprint density at radius 3 is 2.35 bits per heavy atom. The van der Waals surface area contributed by atoms with Gasteiger partial charge in [0.1, 0.15) is 22.1 Å². The van der Waals surface area contributed by atoms with Crippen LogP contribution in [0.2, 0.25) is 0 Å². The predicted molar refractivity (Wildman–Crippen MR) is 198 cm³/mol. The number of unbranched alkanes of at least 4 members (excludes halogenated alkanes) is 2. The normalized spacial score (nSPS) is 13.7. The van der Waals surface area contributed by atoms with Gasteiger partial charge in [-0.15, -0.1) is 11.3 Å². The Hall–Kier alpha value is -4.27. The maximum Gasteiger partial charge on any atom is 0.303 e. The Morgan fingerprint density at radius 1 is 1.06 bits per heavy atom. The van der Waals surface area contributed by atoms with Crippen molar-refractivity contribution in [3.63, 3.8) is 0 Å². The van der Waals surface area contributed by atoms with E-state index in [1.807, 2.05) is 41.7 Å². The first-order chi connectivity index (χ1) is 24.4. The van der Waals surface area contributed by atoms with Crippen molar-refractivity contribution in [2.45, 2.75) is 98.6 Å². The lowest BCUT2D eigenvalue weighted by atomic mass is 9.93. The number of aromatic nitrogens is 1. The first kappa shape index (κ1) is 42.9. The second-order valence-electron chi connectivity index (χ2n) is 12.7. The molecule has 280 valence electrons. The summed E-state index contributed by atoms with van der Waals surface area (Å²) in [5.74, 6) is -3.19. The summed E-state index contributed by atoms with van der Waals surface area (Å²) in [6.07, 6.45) is 4.73. The van der Waals surface area contributed by atoms with E-state index in [0.29, 0.717) is 36.4 Å². The molecule has 0 aliphatic rings. The molecule has 0 saturated carbocycles. The highest BCUT2D eigenvalue weighted by atomic mass is 32.1.